The van der Waals surface area contributed by atoms with Crippen LogP contribution in [0.2, 0.25) is 0 Å². The Morgan fingerprint density at radius 1 is 1.31 bits per heavy atom. The van der Waals surface area contributed by atoms with Crippen molar-refractivity contribution in [1.29, 1.82) is 0 Å². The molecule has 4 atom stereocenters. The van der Waals surface area contributed by atoms with Gasteiger partial charge in [-0.1, -0.05) is 0 Å². The van der Waals surface area contributed by atoms with E-state index in [2.05, 4.69) is 0 Å². The lowest BCUT2D eigenvalue weighted by Gasteiger charge is -2.36. The van der Waals surface area contributed by atoms with E-state index >= 15 is 0 Å². The highest BCUT2D eigenvalue weighted by Crippen LogP contribution is 2.15. The van der Waals surface area contributed by atoms with Gasteiger partial charge in [-0.15, -0.1) is 0 Å². The summed E-state index contributed by atoms with van der Waals surface area (Å²) in [7, 11) is 0. The number of aliphatic hydroxyl groups is 4. The second-order valence-corrected chi connectivity index (χ2v) is 2.97. The van der Waals surface area contributed by atoms with E-state index in [0.717, 1.165) is 6.92 Å². The first-order valence-corrected chi connectivity index (χ1v) is 3.51. The van der Waals surface area contributed by atoms with E-state index < -0.39 is 23.7 Å². The van der Waals surface area contributed by atoms with Crippen molar-refractivity contribution in [2.24, 2.45) is 11.5 Å². The number of hydrogen-bond donors (Lipinski definition) is 6. The molecular weight excluding hydrogens is 180 g/mol. The van der Waals surface area contributed by atoms with Gasteiger partial charge in [0.2, 0.25) is 5.72 Å². The Morgan fingerprint density at radius 2 is 1.69 bits per heavy atom. The summed E-state index contributed by atoms with van der Waals surface area (Å²) in [6.07, 6.45) is -3.92. The molecule has 0 aromatic heterocycles. The van der Waals surface area contributed by atoms with Crippen LogP contribution >= 0.6 is 0 Å². The van der Waals surface area contributed by atoms with Gasteiger partial charge in [-0.25, -0.2) is 0 Å². The van der Waals surface area contributed by atoms with Crippen molar-refractivity contribution in [3.63, 3.8) is 0 Å². The maximum absolute atomic E-state index is 10.2. The molecule has 0 unspecified atom stereocenters. The minimum atomic E-state index is -2.69. The Kier molecular flexibility index (Phi) is 3.50. The molecule has 0 heterocycles. The molecule has 0 radical (unpaired) electrons. The molecule has 0 spiro atoms. The highest BCUT2D eigenvalue weighted by atomic mass is 16.4. The molecule has 8 N–H and O–H groups in total. The summed E-state index contributed by atoms with van der Waals surface area (Å²) in [5.41, 5.74) is 4.65. The van der Waals surface area contributed by atoms with Gasteiger partial charge >= 0.3 is 0 Å². The first kappa shape index (κ1) is 12.4. The van der Waals surface area contributed by atoms with Gasteiger partial charge in [0.05, 0.1) is 6.10 Å². The molecule has 0 aliphatic carbocycles. The summed E-state index contributed by atoms with van der Waals surface area (Å²) in [6.45, 7) is 1.07. The van der Waals surface area contributed by atoms with E-state index in [9.17, 15) is 9.90 Å². The molecule has 7 heteroatoms. The molecule has 0 saturated heterocycles. The van der Waals surface area contributed by atoms with E-state index in [1.54, 1.807) is 0 Å². The van der Waals surface area contributed by atoms with Crippen molar-refractivity contribution in [2.45, 2.75) is 30.6 Å². The quantitative estimate of drug-likeness (QED) is 0.198. The van der Waals surface area contributed by atoms with Gasteiger partial charge in [0.25, 0.3) is 0 Å². The lowest BCUT2D eigenvalue weighted by molar-refractivity contribution is -0.197. The maximum atomic E-state index is 10.2. The van der Waals surface area contributed by atoms with E-state index in [1.807, 2.05) is 0 Å². The Hall–Kier alpha value is -0.570. The van der Waals surface area contributed by atoms with Crippen LogP contribution in [-0.4, -0.2) is 50.4 Å². The highest BCUT2D eigenvalue weighted by Gasteiger charge is 2.47. The normalized spacial score (nSPS) is 25.5. The monoisotopic (exact) mass is 194 g/mol. The van der Waals surface area contributed by atoms with Gasteiger partial charge in [-0.3, -0.25) is 16.3 Å². The van der Waals surface area contributed by atoms with Gasteiger partial charge < -0.3 is 20.4 Å². The van der Waals surface area contributed by atoms with Crippen LogP contribution in [0.15, 0.2) is 0 Å². The predicted molar refractivity (Wildman–Crippen MR) is 42.0 cm³/mol. The van der Waals surface area contributed by atoms with Gasteiger partial charge in [0.1, 0.15) is 6.10 Å². The molecule has 0 amide bonds. The zero-order valence-corrected chi connectivity index (χ0v) is 7.08. The van der Waals surface area contributed by atoms with Crippen LogP contribution in [0.3, 0.4) is 0 Å². The van der Waals surface area contributed by atoms with Crippen molar-refractivity contribution in [2.75, 3.05) is 0 Å². The first-order chi connectivity index (χ1) is 5.66. The summed E-state index contributed by atoms with van der Waals surface area (Å²) >= 11 is 0. The smallest absolute Gasteiger partial charge is 0.201 e. The molecule has 13 heavy (non-hydrogen) atoms. The van der Waals surface area contributed by atoms with Crippen molar-refractivity contribution < 1.29 is 25.2 Å². The maximum Gasteiger partial charge on any atom is 0.201 e. The third-order valence-electron chi connectivity index (χ3n) is 1.73. The van der Waals surface area contributed by atoms with E-state index in [-0.39, 0.29) is 6.29 Å². The predicted octanol–water partition coefficient (Wildman–Crippen LogP) is -3.78. The molecule has 0 saturated carbocycles. The van der Waals surface area contributed by atoms with Crippen LogP contribution in [0, 0.1) is 0 Å². The van der Waals surface area contributed by atoms with Crippen molar-refractivity contribution in [1.82, 2.24) is 0 Å². The Bertz CT molecular complexity index is 191. The van der Waals surface area contributed by atoms with Crippen LogP contribution in [0.5, 0.6) is 0 Å². The van der Waals surface area contributed by atoms with Crippen LogP contribution in [-0.2, 0) is 4.79 Å². The zero-order valence-electron chi connectivity index (χ0n) is 7.08. The lowest BCUT2D eigenvalue weighted by Crippen LogP contribution is -2.70. The van der Waals surface area contributed by atoms with Crippen molar-refractivity contribution in [3.05, 3.63) is 0 Å². The van der Waals surface area contributed by atoms with Crippen LogP contribution < -0.4 is 11.5 Å². The van der Waals surface area contributed by atoms with E-state index in [4.69, 9.17) is 26.8 Å². The number of hydrogen-bond acceptors (Lipinski definition) is 7. The zero-order chi connectivity index (χ0) is 10.9. The summed E-state index contributed by atoms with van der Waals surface area (Å²) in [5, 5.41) is 36.2. The van der Waals surface area contributed by atoms with Crippen LogP contribution in [0.4, 0.5) is 0 Å². The lowest BCUT2D eigenvalue weighted by atomic mass is 9.94. The number of carbonyl (C=O) groups is 1. The summed E-state index contributed by atoms with van der Waals surface area (Å²) in [5.74, 6) is 0. The average Bonchev–Trinajstić information content (AvgIpc) is 2.02. The van der Waals surface area contributed by atoms with E-state index in [0.29, 0.717) is 0 Å². The van der Waals surface area contributed by atoms with Gasteiger partial charge in [0, 0.05) is 0 Å². The van der Waals surface area contributed by atoms with Crippen molar-refractivity contribution in [3.8, 4) is 0 Å². The minimum Gasteiger partial charge on any atom is -0.389 e. The second-order valence-electron chi connectivity index (χ2n) is 2.97. The summed E-state index contributed by atoms with van der Waals surface area (Å²) < 4.78 is 0. The molecular formula is C6H14N2O5. The Labute approximate surface area is 74.6 Å². The SMILES string of the molecule is C[C@H](O)[C@](N)(O)[C@@H](O)[C@@](N)(O)C=O. The fourth-order valence-corrected chi connectivity index (χ4v) is 0.663. The Morgan fingerprint density at radius 3 is 1.92 bits per heavy atom. The van der Waals surface area contributed by atoms with Crippen LogP contribution in [0.1, 0.15) is 6.92 Å². The number of rotatable bonds is 4. The first-order valence-electron chi connectivity index (χ1n) is 3.51. The van der Waals surface area contributed by atoms with Gasteiger partial charge in [0.15, 0.2) is 12.0 Å². The fourth-order valence-electron chi connectivity index (χ4n) is 0.663. The second kappa shape index (κ2) is 3.66. The molecule has 7 nitrogen and oxygen atoms in total. The molecule has 0 fully saturated rings. The summed E-state index contributed by atoms with van der Waals surface area (Å²) in [6, 6.07) is 0. The largest absolute Gasteiger partial charge is 0.389 e. The molecule has 0 aliphatic rings. The van der Waals surface area contributed by atoms with E-state index in [1.165, 1.54) is 0 Å². The van der Waals surface area contributed by atoms with Crippen LogP contribution in [0.25, 0.3) is 0 Å². The number of nitrogens with two attached hydrogens (primary N) is 2. The number of aliphatic hydroxyl groups excluding tert-OH is 2. The summed E-state index contributed by atoms with van der Waals surface area (Å²) in [4.78, 5) is 10.2. The molecule has 0 aromatic carbocycles. The molecule has 0 aromatic rings. The van der Waals surface area contributed by atoms with Gasteiger partial charge in [-0.05, 0) is 6.92 Å². The molecule has 78 valence electrons. The average molecular weight is 194 g/mol. The van der Waals surface area contributed by atoms with Crippen molar-refractivity contribution >= 4 is 6.29 Å². The number of aldehydes is 1. The van der Waals surface area contributed by atoms with Gasteiger partial charge in [-0.2, -0.15) is 0 Å². The topological polar surface area (TPSA) is 150 Å². The Balaban J connectivity index is 4.77. The standard InChI is InChI=1S/C6H14N2O5/c1-3(10)6(8,13)4(11)5(7,12)2-9/h2-4,10-13H,7-8H2,1H3/t3-,4-,5-,6-/m0/s1. The number of carbonyl (C=O) groups excluding carboxylic acids is 1. The molecule has 0 aliphatic heterocycles. The third-order valence-corrected chi connectivity index (χ3v) is 1.73. The third kappa shape index (κ3) is 2.44. The highest BCUT2D eigenvalue weighted by molar-refractivity contribution is 5.62. The fraction of sp³-hybridized carbons (Fsp3) is 0.833. The molecule has 0 rings (SSSR count). The molecule has 0 bridgehead atoms. The minimum absolute atomic E-state index is 0.183.